The van der Waals surface area contributed by atoms with E-state index in [2.05, 4.69) is 180 Å². The summed E-state index contributed by atoms with van der Waals surface area (Å²) in [5, 5.41) is 0. The molecule has 0 spiro atoms. The first kappa shape index (κ1) is 42.8. The number of hydrogen-bond acceptors (Lipinski definition) is 3. The summed E-state index contributed by atoms with van der Waals surface area (Å²) in [5.74, 6) is 1.73. The van der Waals surface area contributed by atoms with Crippen LogP contribution in [0.2, 0.25) is 0 Å². The van der Waals surface area contributed by atoms with Crippen molar-refractivity contribution in [2.45, 2.75) is 200 Å². The van der Waals surface area contributed by atoms with Gasteiger partial charge in [0.15, 0.2) is 0 Å². The highest BCUT2D eigenvalue weighted by molar-refractivity contribution is 6.99. The van der Waals surface area contributed by atoms with Crippen molar-refractivity contribution in [2.75, 3.05) is 9.80 Å². The van der Waals surface area contributed by atoms with Gasteiger partial charge in [0.2, 0.25) is 0 Å². The van der Waals surface area contributed by atoms with Gasteiger partial charge in [-0.25, -0.2) is 0 Å². The van der Waals surface area contributed by atoms with Gasteiger partial charge in [-0.05, 0) is 159 Å². The number of anilines is 6. The largest absolute Gasteiger partial charge is 0.472 e. The second kappa shape index (κ2) is 13.9. The van der Waals surface area contributed by atoms with Gasteiger partial charge in [0.1, 0.15) is 5.76 Å². The van der Waals surface area contributed by atoms with E-state index in [0.29, 0.717) is 5.92 Å². The first-order chi connectivity index (χ1) is 29.4. The molecule has 330 valence electrons. The van der Waals surface area contributed by atoms with Gasteiger partial charge in [0, 0.05) is 39.4 Å². The van der Waals surface area contributed by atoms with Crippen LogP contribution in [0, 0.1) is 6.92 Å². The van der Waals surface area contributed by atoms with Crippen molar-refractivity contribution < 1.29 is 4.42 Å². The highest BCUT2D eigenvalue weighted by atomic mass is 16.3. The molecule has 1 saturated carbocycles. The molecule has 0 unspecified atom stereocenters. The van der Waals surface area contributed by atoms with E-state index in [0.717, 1.165) is 18.5 Å². The summed E-state index contributed by atoms with van der Waals surface area (Å²) in [7, 11) is 0. The number of hydrogen-bond donors (Lipinski definition) is 0. The van der Waals surface area contributed by atoms with E-state index in [1.807, 2.05) is 0 Å². The van der Waals surface area contributed by atoms with Gasteiger partial charge in [-0.15, -0.1) is 0 Å². The van der Waals surface area contributed by atoms with Crippen molar-refractivity contribution in [3.63, 3.8) is 0 Å². The number of fused-ring (bicyclic) bond motifs is 7. The Kier molecular flexibility index (Phi) is 9.45. The molecule has 5 aliphatic rings. The van der Waals surface area contributed by atoms with Crippen LogP contribution in [0.1, 0.15) is 205 Å². The quantitative estimate of drug-likeness (QED) is 0.165. The Morgan fingerprint density at radius 2 is 1.13 bits per heavy atom. The van der Waals surface area contributed by atoms with Crippen LogP contribution in [-0.2, 0) is 32.5 Å². The molecule has 1 fully saturated rings. The van der Waals surface area contributed by atoms with Crippen LogP contribution in [0.15, 0.2) is 71.1 Å². The first-order valence-corrected chi connectivity index (χ1v) is 24.8. The Balaban J connectivity index is 1.36. The summed E-state index contributed by atoms with van der Waals surface area (Å²) in [4.78, 5) is 5.42. The third-order valence-electron chi connectivity index (χ3n) is 16.9. The van der Waals surface area contributed by atoms with Gasteiger partial charge in [-0.3, -0.25) is 0 Å². The standard InChI is InChI=1S/C59H75BN2O/c1-36-31-40(55(5,6)7)23-26-45(36)62-46-35-43-42(56(8,9)27-28-57(43,10)11)34-44(46)60-50-47(32-38(33-48(50)62)37-19-17-16-18-20-37)61(41-24-21-39(22-25-41)54(2,3)4)51-49-52(63-53(51)60)59(14,15)30-29-58(49,12)13/h21-26,31-35,37H,16-20,27-30H2,1-15H3. The first-order valence-electron chi connectivity index (χ1n) is 24.8. The predicted octanol–water partition coefficient (Wildman–Crippen LogP) is 15.0. The van der Waals surface area contributed by atoms with Crippen molar-refractivity contribution in [1.82, 2.24) is 0 Å². The molecule has 3 aliphatic carbocycles. The molecule has 0 bridgehead atoms. The number of rotatable bonds is 3. The third kappa shape index (κ3) is 6.63. The maximum Gasteiger partial charge on any atom is 0.297 e. The lowest BCUT2D eigenvalue weighted by molar-refractivity contribution is 0.282. The Hall–Kier alpha value is -4.18. The molecule has 1 aromatic heterocycles. The van der Waals surface area contributed by atoms with E-state index < -0.39 is 0 Å². The fraction of sp³-hybridized carbons (Fsp3) is 0.525. The van der Waals surface area contributed by atoms with Crippen LogP contribution >= 0.6 is 0 Å². The number of nitrogens with zero attached hydrogens (tertiary/aromatic N) is 2. The molecule has 4 heteroatoms. The van der Waals surface area contributed by atoms with E-state index in [-0.39, 0.29) is 39.2 Å². The monoisotopic (exact) mass is 839 g/mol. The molecule has 0 radical (unpaired) electrons. The fourth-order valence-electron chi connectivity index (χ4n) is 12.5. The molecular formula is C59H75BN2O. The minimum Gasteiger partial charge on any atom is -0.472 e. The Morgan fingerprint density at radius 1 is 0.571 bits per heavy atom. The molecule has 5 aromatic rings. The van der Waals surface area contributed by atoms with E-state index in [1.165, 1.54) is 135 Å². The van der Waals surface area contributed by atoms with Crippen LogP contribution in [-0.4, -0.2) is 6.71 Å². The predicted molar refractivity (Wildman–Crippen MR) is 271 cm³/mol. The average Bonchev–Trinajstić information content (AvgIpc) is 3.64. The molecule has 0 atom stereocenters. The summed E-state index contributed by atoms with van der Waals surface area (Å²) in [6.07, 6.45) is 11.1. The SMILES string of the molecule is Cc1cc(C(C)(C)C)ccc1N1c2cc3c(cc2B2c4oc5c(c4N(c4ccc(C(C)(C)C)cc4)c4cc(C6CCCCC6)cc1c42)C(C)(C)CCC5(C)C)C(C)(C)CCC3(C)C. The highest BCUT2D eigenvalue weighted by Gasteiger charge is 2.53. The van der Waals surface area contributed by atoms with Crippen LogP contribution in [0.5, 0.6) is 0 Å². The second-order valence-corrected chi connectivity index (χ2v) is 25.5. The Bertz CT molecular complexity index is 2650. The number of furan rings is 1. The smallest absolute Gasteiger partial charge is 0.297 e. The lowest BCUT2D eigenvalue weighted by atomic mass is 9.35. The minimum atomic E-state index is -0.0798. The second-order valence-electron chi connectivity index (χ2n) is 25.5. The Morgan fingerprint density at radius 3 is 1.73 bits per heavy atom. The number of aryl methyl sites for hydroxylation is 1. The average molecular weight is 839 g/mol. The molecule has 0 amide bonds. The molecular weight excluding hydrogens is 763 g/mol. The van der Waals surface area contributed by atoms with Crippen LogP contribution in [0.3, 0.4) is 0 Å². The zero-order chi connectivity index (χ0) is 45.0. The molecule has 63 heavy (non-hydrogen) atoms. The highest BCUT2D eigenvalue weighted by Crippen LogP contribution is 2.56. The van der Waals surface area contributed by atoms with Crippen molar-refractivity contribution in [1.29, 1.82) is 0 Å². The maximum absolute atomic E-state index is 7.76. The Labute approximate surface area is 381 Å². The zero-order valence-corrected chi connectivity index (χ0v) is 41.7. The maximum atomic E-state index is 7.76. The summed E-state index contributed by atoms with van der Waals surface area (Å²) in [6, 6.07) is 27.6. The van der Waals surface area contributed by atoms with Gasteiger partial charge in [0.25, 0.3) is 6.71 Å². The van der Waals surface area contributed by atoms with E-state index in [4.69, 9.17) is 4.42 Å². The minimum absolute atomic E-state index is 0.0424. The lowest BCUT2D eigenvalue weighted by Gasteiger charge is -2.47. The zero-order valence-electron chi connectivity index (χ0n) is 41.7. The normalized spacial score (nSPS) is 20.7. The number of benzene rings is 4. The fourth-order valence-corrected chi connectivity index (χ4v) is 12.5. The third-order valence-corrected chi connectivity index (χ3v) is 16.9. The lowest BCUT2D eigenvalue weighted by Crippen LogP contribution is -2.61. The van der Waals surface area contributed by atoms with Crippen LogP contribution in [0.4, 0.5) is 34.1 Å². The molecule has 2 aliphatic heterocycles. The molecule has 4 aromatic carbocycles. The molecule has 3 heterocycles. The van der Waals surface area contributed by atoms with E-state index in [1.54, 1.807) is 0 Å². The van der Waals surface area contributed by atoms with Crippen molar-refractivity contribution in [3.8, 4) is 0 Å². The van der Waals surface area contributed by atoms with E-state index >= 15 is 0 Å². The topological polar surface area (TPSA) is 19.6 Å². The van der Waals surface area contributed by atoms with Crippen molar-refractivity contribution in [3.05, 3.63) is 111 Å². The van der Waals surface area contributed by atoms with Gasteiger partial charge < -0.3 is 14.2 Å². The molecule has 0 saturated heterocycles. The van der Waals surface area contributed by atoms with Gasteiger partial charge >= 0.3 is 0 Å². The van der Waals surface area contributed by atoms with Gasteiger partial charge in [-0.2, -0.15) is 0 Å². The summed E-state index contributed by atoms with van der Waals surface area (Å²) in [5.41, 5.74) is 21.9. The van der Waals surface area contributed by atoms with Gasteiger partial charge in [-0.1, -0.05) is 147 Å². The van der Waals surface area contributed by atoms with Crippen molar-refractivity contribution >= 4 is 57.4 Å². The molecule has 3 nitrogen and oxygen atoms in total. The summed E-state index contributed by atoms with van der Waals surface area (Å²) in [6.45, 7) is 36.1. The van der Waals surface area contributed by atoms with Gasteiger partial charge in [0.05, 0.1) is 11.3 Å². The summed E-state index contributed by atoms with van der Waals surface area (Å²) < 4.78 is 7.76. The summed E-state index contributed by atoms with van der Waals surface area (Å²) >= 11 is 0. The van der Waals surface area contributed by atoms with Crippen LogP contribution < -0.4 is 26.4 Å². The molecule has 0 N–H and O–H groups in total. The molecule has 10 rings (SSSR count). The van der Waals surface area contributed by atoms with Crippen molar-refractivity contribution in [2.24, 2.45) is 0 Å². The van der Waals surface area contributed by atoms with E-state index in [9.17, 15) is 0 Å². The van der Waals surface area contributed by atoms with Crippen LogP contribution in [0.25, 0.3) is 0 Å².